The molecule has 0 aromatic heterocycles. The van der Waals surface area contributed by atoms with Crippen LogP contribution in [0.4, 0.5) is 11.4 Å². The molecule has 4 nitrogen and oxygen atoms in total. The fourth-order valence-electron chi connectivity index (χ4n) is 1.51. The van der Waals surface area contributed by atoms with Crippen molar-refractivity contribution >= 4 is 34.7 Å². The molecule has 19 heavy (non-hydrogen) atoms. The molecule has 2 aromatic rings. The van der Waals surface area contributed by atoms with Gasteiger partial charge >= 0.3 is 0 Å². The molecule has 0 saturated heterocycles. The van der Waals surface area contributed by atoms with Gasteiger partial charge in [-0.3, -0.25) is 10.1 Å². The van der Waals surface area contributed by atoms with E-state index >= 15 is 0 Å². The predicted octanol–water partition coefficient (Wildman–Crippen LogP) is 4.12. The van der Waals surface area contributed by atoms with Gasteiger partial charge in [0.15, 0.2) is 0 Å². The molecule has 0 heterocycles. The summed E-state index contributed by atoms with van der Waals surface area (Å²) in [5.41, 5.74) is 7.45. The van der Waals surface area contributed by atoms with Gasteiger partial charge in [-0.15, -0.1) is 11.8 Å². The van der Waals surface area contributed by atoms with E-state index in [2.05, 4.69) is 0 Å². The first-order chi connectivity index (χ1) is 9.06. The minimum absolute atomic E-state index is 0.0933. The lowest BCUT2D eigenvalue weighted by Gasteiger charge is -2.05. The van der Waals surface area contributed by atoms with Gasteiger partial charge in [0.1, 0.15) is 0 Å². The highest BCUT2D eigenvalue weighted by Crippen LogP contribution is 2.31. The number of non-ortho nitro benzene ring substituents is 1. The van der Waals surface area contributed by atoms with E-state index in [1.54, 1.807) is 36.0 Å². The molecule has 0 bridgehead atoms. The van der Waals surface area contributed by atoms with E-state index in [1.807, 2.05) is 6.07 Å². The summed E-state index contributed by atoms with van der Waals surface area (Å²) < 4.78 is 0. The zero-order chi connectivity index (χ0) is 13.8. The molecular weight excluding hydrogens is 284 g/mol. The van der Waals surface area contributed by atoms with Gasteiger partial charge in [0, 0.05) is 28.5 Å². The number of nitrogens with two attached hydrogens (primary N) is 1. The maximum atomic E-state index is 10.5. The third-order valence-corrected chi connectivity index (χ3v) is 4.06. The van der Waals surface area contributed by atoms with Gasteiger partial charge in [-0.25, -0.2) is 0 Å². The quantitative estimate of drug-likeness (QED) is 0.398. The zero-order valence-corrected chi connectivity index (χ0v) is 11.4. The average molecular weight is 295 g/mol. The number of rotatable bonds is 4. The van der Waals surface area contributed by atoms with E-state index in [1.165, 1.54) is 12.1 Å². The number of thioether (sulfide) groups is 1. The SMILES string of the molecule is Nc1ccc(Cl)c(SCc2ccc([N+](=O)[O-])cc2)c1. The first kappa shape index (κ1) is 13.7. The molecule has 2 rings (SSSR count). The van der Waals surface area contributed by atoms with Gasteiger partial charge in [-0.1, -0.05) is 23.7 Å². The largest absolute Gasteiger partial charge is 0.399 e. The minimum atomic E-state index is -0.411. The lowest BCUT2D eigenvalue weighted by molar-refractivity contribution is -0.384. The monoisotopic (exact) mass is 294 g/mol. The van der Waals surface area contributed by atoms with Crippen molar-refractivity contribution in [3.05, 3.63) is 63.2 Å². The van der Waals surface area contributed by atoms with E-state index in [0.717, 1.165) is 10.5 Å². The van der Waals surface area contributed by atoms with Crippen molar-refractivity contribution in [1.82, 2.24) is 0 Å². The predicted molar refractivity (Wildman–Crippen MR) is 78.5 cm³/mol. The van der Waals surface area contributed by atoms with E-state index in [0.29, 0.717) is 16.5 Å². The number of hydrogen-bond acceptors (Lipinski definition) is 4. The molecule has 6 heteroatoms. The first-order valence-electron chi connectivity index (χ1n) is 5.47. The lowest BCUT2D eigenvalue weighted by atomic mass is 10.2. The van der Waals surface area contributed by atoms with Crippen LogP contribution < -0.4 is 5.73 Å². The Hall–Kier alpha value is -1.72. The Kier molecular flexibility index (Phi) is 4.29. The number of nitro benzene ring substituents is 1. The van der Waals surface area contributed by atoms with Crippen LogP contribution in [-0.2, 0) is 5.75 Å². The Morgan fingerprint density at radius 2 is 1.89 bits per heavy atom. The molecule has 98 valence electrons. The van der Waals surface area contributed by atoms with Crippen molar-refractivity contribution in [2.24, 2.45) is 0 Å². The summed E-state index contributed by atoms with van der Waals surface area (Å²) in [5, 5.41) is 11.2. The van der Waals surface area contributed by atoms with E-state index in [9.17, 15) is 10.1 Å². The molecule has 0 aliphatic rings. The Bertz CT molecular complexity index is 602. The van der Waals surface area contributed by atoms with Crippen LogP contribution >= 0.6 is 23.4 Å². The maximum absolute atomic E-state index is 10.5. The van der Waals surface area contributed by atoms with Crippen LogP contribution in [0.15, 0.2) is 47.4 Å². The lowest BCUT2D eigenvalue weighted by Crippen LogP contribution is -1.89. The van der Waals surface area contributed by atoms with E-state index in [-0.39, 0.29) is 5.69 Å². The van der Waals surface area contributed by atoms with Crippen LogP contribution in [0, 0.1) is 10.1 Å². The summed E-state index contributed by atoms with van der Waals surface area (Å²) in [6, 6.07) is 11.8. The molecule has 0 amide bonds. The molecule has 2 aromatic carbocycles. The van der Waals surface area contributed by atoms with Crippen molar-refractivity contribution < 1.29 is 4.92 Å². The van der Waals surface area contributed by atoms with Crippen LogP contribution in [0.3, 0.4) is 0 Å². The van der Waals surface area contributed by atoms with Gasteiger partial charge < -0.3 is 5.73 Å². The van der Waals surface area contributed by atoms with Crippen molar-refractivity contribution in [2.45, 2.75) is 10.6 Å². The summed E-state index contributed by atoms with van der Waals surface area (Å²) in [6.07, 6.45) is 0. The Morgan fingerprint density at radius 1 is 1.21 bits per heavy atom. The van der Waals surface area contributed by atoms with Crippen LogP contribution in [0.5, 0.6) is 0 Å². The Morgan fingerprint density at radius 3 is 2.53 bits per heavy atom. The Balaban J connectivity index is 2.06. The van der Waals surface area contributed by atoms with E-state index < -0.39 is 4.92 Å². The molecular formula is C13H11ClN2O2S. The Labute approximate surface area is 119 Å². The number of benzene rings is 2. The second kappa shape index (κ2) is 5.95. The summed E-state index contributed by atoms with van der Waals surface area (Å²) >= 11 is 7.61. The van der Waals surface area contributed by atoms with Crippen molar-refractivity contribution in [3.63, 3.8) is 0 Å². The highest BCUT2D eigenvalue weighted by molar-refractivity contribution is 7.98. The number of nitrogens with zero attached hydrogens (tertiary/aromatic N) is 1. The molecule has 2 N–H and O–H groups in total. The van der Waals surface area contributed by atoms with Gasteiger partial charge in [-0.05, 0) is 23.8 Å². The summed E-state index contributed by atoms with van der Waals surface area (Å²) in [7, 11) is 0. The second-order valence-electron chi connectivity index (χ2n) is 3.90. The molecule has 0 aliphatic carbocycles. The third-order valence-electron chi connectivity index (χ3n) is 2.50. The molecule has 0 unspecified atom stereocenters. The topological polar surface area (TPSA) is 69.2 Å². The third kappa shape index (κ3) is 3.62. The molecule has 0 spiro atoms. The van der Waals surface area contributed by atoms with Crippen LogP contribution in [-0.4, -0.2) is 4.92 Å². The van der Waals surface area contributed by atoms with Gasteiger partial charge in [-0.2, -0.15) is 0 Å². The zero-order valence-electron chi connectivity index (χ0n) is 9.88. The normalized spacial score (nSPS) is 10.4. The number of hydrogen-bond donors (Lipinski definition) is 1. The van der Waals surface area contributed by atoms with E-state index in [4.69, 9.17) is 17.3 Å². The molecule has 0 fully saturated rings. The minimum Gasteiger partial charge on any atom is -0.399 e. The summed E-state index contributed by atoms with van der Waals surface area (Å²) in [4.78, 5) is 11.0. The average Bonchev–Trinajstić information content (AvgIpc) is 2.40. The molecule has 0 aliphatic heterocycles. The number of nitro groups is 1. The van der Waals surface area contributed by atoms with Crippen molar-refractivity contribution in [3.8, 4) is 0 Å². The van der Waals surface area contributed by atoms with Crippen LogP contribution in [0.25, 0.3) is 0 Å². The first-order valence-corrected chi connectivity index (χ1v) is 6.84. The van der Waals surface area contributed by atoms with Gasteiger partial charge in [0.05, 0.1) is 9.95 Å². The van der Waals surface area contributed by atoms with Gasteiger partial charge in [0.25, 0.3) is 5.69 Å². The van der Waals surface area contributed by atoms with Crippen LogP contribution in [0.2, 0.25) is 5.02 Å². The fraction of sp³-hybridized carbons (Fsp3) is 0.0769. The molecule has 0 radical (unpaired) electrons. The molecule has 0 atom stereocenters. The number of anilines is 1. The highest BCUT2D eigenvalue weighted by atomic mass is 35.5. The summed E-state index contributed by atoms with van der Waals surface area (Å²) in [5.74, 6) is 0.682. The standard InChI is InChI=1S/C13H11ClN2O2S/c14-12-6-3-10(15)7-13(12)19-8-9-1-4-11(5-2-9)16(17)18/h1-7H,8,15H2. The van der Waals surface area contributed by atoms with Crippen molar-refractivity contribution in [1.29, 1.82) is 0 Å². The van der Waals surface area contributed by atoms with Crippen LogP contribution in [0.1, 0.15) is 5.56 Å². The maximum Gasteiger partial charge on any atom is 0.269 e. The van der Waals surface area contributed by atoms with Crippen molar-refractivity contribution in [2.75, 3.05) is 5.73 Å². The highest BCUT2D eigenvalue weighted by Gasteiger charge is 2.06. The van der Waals surface area contributed by atoms with Gasteiger partial charge in [0.2, 0.25) is 0 Å². The molecule has 0 saturated carbocycles. The number of nitrogen functional groups attached to an aromatic ring is 1. The smallest absolute Gasteiger partial charge is 0.269 e. The fourth-order valence-corrected chi connectivity index (χ4v) is 2.73. The summed E-state index contributed by atoms with van der Waals surface area (Å²) in [6.45, 7) is 0. The number of halogens is 1. The second-order valence-corrected chi connectivity index (χ2v) is 5.33.